The van der Waals surface area contributed by atoms with Crippen molar-refractivity contribution in [2.24, 2.45) is 0 Å². The number of imidazole rings is 1. The van der Waals surface area contributed by atoms with Gasteiger partial charge in [-0.15, -0.1) is 0 Å². The summed E-state index contributed by atoms with van der Waals surface area (Å²) in [6.07, 6.45) is 4.34. The monoisotopic (exact) mass is 239 g/mol. The lowest BCUT2D eigenvalue weighted by Gasteiger charge is -2.03. The van der Waals surface area contributed by atoms with E-state index in [0.29, 0.717) is 12.1 Å². The molecule has 18 heavy (non-hydrogen) atoms. The molecular weight excluding hydrogens is 226 g/mol. The Balaban J connectivity index is 2.02. The van der Waals surface area contributed by atoms with E-state index in [4.69, 9.17) is 5.73 Å². The van der Waals surface area contributed by atoms with Crippen molar-refractivity contribution in [1.29, 1.82) is 0 Å². The Bertz CT molecular complexity index is 703. The summed E-state index contributed by atoms with van der Waals surface area (Å²) in [5.74, 6) is 1.18. The number of phenolic OH excluding ortho intramolecular Hbond substituents is 1. The molecule has 90 valence electrons. The van der Waals surface area contributed by atoms with Crippen molar-refractivity contribution in [3.8, 4) is 5.75 Å². The van der Waals surface area contributed by atoms with Gasteiger partial charge in [-0.05, 0) is 29.8 Å². The van der Waals surface area contributed by atoms with Crippen molar-refractivity contribution in [3.63, 3.8) is 0 Å². The molecule has 0 radical (unpaired) electrons. The number of pyridine rings is 1. The highest BCUT2D eigenvalue weighted by Crippen LogP contribution is 2.16. The van der Waals surface area contributed by atoms with Crippen LogP contribution in [0, 0.1) is 0 Å². The SMILES string of the molecule is Nc1ccc2cnc(Cc3cccc(O)c3)n2c1. The first-order chi connectivity index (χ1) is 8.72. The highest BCUT2D eigenvalue weighted by Gasteiger charge is 2.05. The third kappa shape index (κ3) is 1.88. The van der Waals surface area contributed by atoms with Gasteiger partial charge in [0.2, 0.25) is 0 Å². The number of fused-ring (bicyclic) bond motifs is 1. The number of rotatable bonds is 2. The van der Waals surface area contributed by atoms with Crippen LogP contribution in [0.2, 0.25) is 0 Å². The van der Waals surface area contributed by atoms with Gasteiger partial charge in [0.15, 0.2) is 0 Å². The first-order valence-corrected chi connectivity index (χ1v) is 5.72. The molecule has 4 nitrogen and oxygen atoms in total. The number of anilines is 1. The molecule has 0 spiro atoms. The van der Waals surface area contributed by atoms with E-state index in [-0.39, 0.29) is 5.75 Å². The zero-order valence-electron chi connectivity index (χ0n) is 9.74. The minimum atomic E-state index is 0.271. The van der Waals surface area contributed by atoms with Crippen LogP contribution in [0.1, 0.15) is 11.4 Å². The number of benzene rings is 1. The summed E-state index contributed by atoms with van der Waals surface area (Å²) < 4.78 is 1.97. The molecule has 3 N–H and O–H groups in total. The lowest BCUT2D eigenvalue weighted by atomic mass is 10.1. The van der Waals surface area contributed by atoms with E-state index in [1.165, 1.54) is 0 Å². The molecule has 0 aliphatic carbocycles. The van der Waals surface area contributed by atoms with Gasteiger partial charge in [-0.1, -0.05) is 12.1 Å². The highest BCUT2D eigenvalue weighted by molar-refractivity contribution is 5.52. The fourth-order valence-electron chi connectivity index (χ4n) is 2.04. The van der Waals surface area contributed by atoms with Gasteiger partial charge < -0.3 is 15.2 Å². The number of nitrogens with zero attached hydrogens (tertiary/aromatic N) is 2. The normalized spacial score (nSPS) is 10.9. The molecule has 0 aliphatic heterocycles. The van der Waals surface area contributed by atoms with Crippen molar-refractivity contribution in [1.82, 2.24) is 9.38 Å². The molecule has 0 unspecified atom stereocenters. The van der Waals surface area contributed by atoms with Crippen LogP contribution in [0.3, 0.4) is 0 Å². The Kier molecular flexibility index (Phi) is 2.41. The number of phenols is 1. The summed E-state index contributed by atoms with van der Waals surface area (Å²) in [6, 6.07) is 11.0. The summed E-state index contributed by atoms with van der Waals surface area (Å²) in [4.78, 5) is 4.39. The minimum absolute atomic E-state index is 0.271. The zero-order chi connectivity index (χ0) is 12.5. The molecule has 2 heterocycles. The summed E-state index contributed by atoms with van der Waals surface area (Å²) in [7, 11) is 0. The lowest BCUT2D eigenvalue weighted by molar-refractivity contribution is 0.474. The number of hydrogen-bond acceptors (Lipinski definition) is 3. The smallest absolute Gasteiger partial charge is 0.117 e. The van der Waals surface area contributed by atoms with Crippen LogP contribution in [-0.2, 0) is 6.42 Å². The fourth-order valence-corrected chi connectivity index (χ4v) is 2.04. The Hall–Kier alpha value is -2.49. The predicted molar refractivity (Wildman–Crippen MR) is 70.5 cm³/mol. The second-order valence-electron chi connectivity index (χ2n) is 4.28. The van der Waals surface area contributed by atoms with Gasteiger partial charge in [-0.3, -0.25) is 0 Å². The standard InChI is InChI=1S/C14H13N3O/c15-11-4-5-12-8-16-14(17(12)9-11)7-10-2-1-3-13(18)6-10/h1-6,8-9,18H,7,15H2. The van der Waals surface area contributed by atoms with Gasteiger partial charge in [0.25, 0.3) is 0 Å². The van der Waals surface area contributed by atoms with E-state index in [9.17, 15) is 5.11 Å². The molecular formula is C14H13N3O. The van der Waals surface area contributed by atoms with E-state index in [0.717, 1.165) is 16.9 Å². The summed E-state index contributed by atoms with van der Waals surface area (Å²) >= 11 is 0. The number of hydrogen-bond donors (Lipinski definition) is 2. The highest BCUT2D eigenvalue weighted by atomic mass is 16.3. The first kappa shape index (κ1) is 10.7. The second kappa shape index (κ2) is 4.07. The first-order valence-electron chi connectivity index (χ1n) is 5.72. The van der Waals surface area contributed by atoms with Crippen molar-refractivity contribution < 1.29 is 5.11 Å². The van der Waals surface area contributed by atoms with Crippen molar-refractivity contribution in [3.05, 3.63) is 60.2 Å². The molecule has 0 saturated carbocycles. The number of aromatic nitrogens is 2. The molecule has 3 rings (SSSR count). The van der Waals surface area contributed by atoms with E-state index in [1.54, 1.807) is 12.1 Å². The topological polar surface area (TPSA) is 63.5 Å². The fraction of sp³-hybridized carbons (Fsp3) is 0.0714. The summed E-state index contributed by atoms with van der Waals surface area (Å²) in [5, 5.41) is 9.45. The number of nitrogen functional groups attached to an aromatic ring is 1. The quantitative estimate of drug-likeness (QED) is 0.720. The minimum Gasteiger partial charge on any atom is -0.508 e. The Morgan fingerprint density at radius 2 is 2.11 bits per heavy atom. The summed E-state index contributed by atoms with van der Waals surface area (Å²) in [5.41, 5.74) is 8.52. The number of nitrogens with two attached hydrogens (primary N) is 1. The Labute approximate surface area is 104 Å². The van der Waals surface area contributed by atoms with Gasteiger partial charge in [0, 0.05) is 18.3 Å². The van der Waals surface area contributed by atoms with Crippen molar-refractivity contribution >= 4 is 11.2 Å². The van der Waals surface area contributed by atoms with E-state index < -0.39 is 0 Å². The molecule has 0 fully saturated rings. The maximum atomic E-state index is 9.45. The van der Waals surface area contributed by atoms with E-state index in [2.05, 4.69) is 4.98 Å². The maximum absolute atomic E-state index is 9.45. The van der Waals surface area contributed by atoms with Crippen LogP contribution in [0.4, 0.5) is 5.69 Å². The van der Waals surface area contributed by atoms with Crippen LogP contribution in [0.5, 0.6) is 5.75 Å². The predicted octanol–water partition coefficient (Wildman–Crippen LogP) is 2.21. The van der Waals surface area contributed by atoms with Crippen LogP contribution >= 0.6 is 0 Å². The average Bonchev–Trinajstić information content (AvgIpc) is 2.72. The second-order valence-corrected chi connectivity index (χ2v) is 4.28. The van der Waals surface area contributed by atoms with Gasteiger partial charge >= 0.3 is 0 Å². The van der Waals surface area contributed by atoms with Crippen molar-refractivity contribution in [2.45, 2.75) is 6.42 Å². The van der Waals surface area contributed by atoms with Crippen LogP contribution in [0.15, 0.2) is 48.8 Å². The molecule has 2 aromatic heterocycles. The van der Waals surface area contributed by atoms with Gasteiger partial charge in [-0.25, -0.2) is 4.98 Å². The molecule has 0 bridgehead atoms. The summed E-state index contributed by atoms with van der Waals surface area (Å²) in [6.45, 7) is 0. The van der Waals surface area contributed by atoms with Gasteiger partial charge in [-0.2, -0.15) is 0 Å². The molecule has 0 atom stereocenters. The lowest BCUT2D eigenvalue weighted by Crippen LogP contribution is -1.97. The molecule has 0 saturated heterocycles. The molecule has 4 heteroatoms. The Morgan fingerprint density at radius 3 is 2.94 bits per heavy atom. The van der Waals surface area contributed by atoms with Gasteiger partial charge in [0.1, 0.15) is 11.6 Å². The molecule has 3 aromatic rings. The maximum Gasteiger partial charge on any atom is 0.117 e. The number of aromatic hydroxyl groups is 1. The average molecular weight is 239 g/mol. The molecule has 0 aliphatic rings. The molecule has 0 amide bonds. The third-order valence-electron chi connectivity index (χ3n) is 2.90. The van der Waals surface area contributed by atoms with Crippen LogP contribution in [-0.4, -0.2) is 14.5 Å². The zero-order valence-corrected chi connectivity index (χ0v) is 9.74. The van der Waals surface area contributed by atoms with Gasteiger partial charge in [0.05, 0.1) is 11.7 Å². The van der Waals surface area contributed by atoms with Crippen LogP contribution < -0.4 is 5.73 Å². The van der Waals surface area contributed by atoms with E-state index >= 15 is 0 Å². The van der Waals surface area contributed by atoms with Crippen LogP contribution in [0.25, 0.3) is 5.52 Å². The largest absolute Gasteiger partial charge is 0.508 e. The third-order valence-corrected chi connectivity index (χ3v) is 2.90. The van der Waals surface area contributed by atoms with E-state index in [1.807, 2.05) is 41.1 Å². The Morgan fingerprint density at radius 1 is 1.22 bits per heavy atom. The van der Waals surface area contributed by atoms with Crippen molar-refractivity contribution in [2.75, 3.05) is 5.73 Å². The molecule has 1 aromatic carbocycles.